The second kappa shape index (κ2) is 5.66. The van der Waals surface area contributed by atoms with E-state index in [1.54, 1.807) is 36.9 Å². The normalized spacial score (nSPS) is 10.9. The Balaban J connectivity index is 2.63. The molecule has 1 aromatic heterocycles. The van der Waals surface area contributed by atoms with Gasteiger partial charge in [0.1, 0.15) is 6.54 Å². The summed E-state index contributed by atoms with van der Waals surface area (Å²) in [5.74, 6) is -0.242. The number of nitrogens with zero attached hydrogens (tertiary/aromatic N) is 1. The van der Waals surface area contributed by atoms with Gasteiger partial charge in [0, 0.05) is 23.9 Å². The minimum absolute atomic E-state index is 0.0338. The summed E-state index contributed by atoms with van der Waals surface area (Å²) in [7, 11) is 0. The Bertz CT molecular complexity index is 405. The number of aromatic nitrogens is 1. The number of carbonyl (C=O) groups is 2. The summed E-state index contributed by atoms with van der Waals surface area (Å²) in [6.45, 7) is 7.46. The fraction of sp³-hybridized carbons (Fsp3) is 0.538. The van der Waals surface area contributed by atoms with Crippen LogP contribution >= 0.6 is 0 Å². The fourth-order valence-electron chi connectivity index (χ4n) is 1.47. The first-order chi connectivity index (χ1) is 7.90. The molecule has 0 saturated heterocycles. The van der Waals surface area contributed by atoms with Crippen molar-refractivity contribution in [1.82, 2.24) is 4.57 Å². The number of Topliss-reactive ketones (excluding diaryl/α,β-unsaturated/α-hetero) is 1. The summed E-state index contributed by atoms with van der Waals surface area (Å²) in [6.07, 6.45) is 3.29. The predicted octanol–water partition coefficient (Wildman–Crippen LogP) is 2.28. The topological polar surface area (TPSA) is 48.3 Å². The van der Waals surface area contributed by atoms with E-state index >= 15 is 0 Å². The van der Waals surface area contributed by atoms with Gasteiger partial charge in [-0.2, -0.15) is 0 Å². The largest absolute Gasteiger partial charge is 0.462 e. The molecule has 0 spiro atoms. The molecule has 0 atom stereocenters. The highest BCUT2D eigenvalue weighted by Gasteiger charge is 2.13. The van der Waals surface area contributed by atoms with Crippen LogP contribution in [-0.2, 0) is 16.1 Å². The Morgan fingerprint density at radius 3 is 2.47 bits per heavy atom. The van der Waals surface area contributed by atoms with Crippen LogP contribution in [0.4, 0.5) is 0 Å². The number of hydrogen-bond acceptors (Lipinski definition) is 3. The Kier molecular flexibility index (Phi) is 4.49. The van der Waals surface area contributed by atoms with Crippen LogP contribution in [0.5, 0.6) is 0 Å². The third kappa shape index (κ3) is 4.06. The van der Waals surface area contributed by atoms with Crippen molar-refractivity contribution in [2.45, 2.75) is 40.3 Å². The molecule has 1 aromatic rings. The number of ketones is 1. The number of ether oxygens (including phenoxy) is 1. The first-order valence-electron chi connectivity index (χ1n) is 5.79. The molecule has 4 heteroatoms. The van der Waals surface area contributed by atoms with Crippen LogP contribution in [0.15, 0.2) is 18.5 Å². The number of hydrogen-bond donors (Lipinski definition) is 0. The lowest BCUT2D eigenvalue weighted by Gasteiger charge is -2.08. The van der Waals surface area contributed by atoms with Gasteiger partial charge in [0.15, 0.2) is 5.78 Å². The first-order valence-corrected chi connectivity index (χ1v) is 5.79. The zero-order valence-electron chi connectivity index (χ0n) is 10.8. The monoisotopic (exact) mass is 237 g/mol. The van der Waals surface area contributed by atoms with Crippen LogP contribution in [0, 0.1) is 5.92 Å². The lowest BCUT2D eigenvalue weighted by atomic mass is 10.0. The third-order valence-corrected chi connectivity index (χ3v) is 2.24. The van der Waals surface area contributed by atoms with Crippen LogP contribution < -0.4 is 0 Å². The molecule has 1 rings (SSSR count). The molecule has 17 heavy (non-hydrogen) atoms. The lowest BCUT2D eigenvalue weighted by Crippen LogP contribution is -2.16. The first kappa shape index (κ1) is 13.5. The molecule has 0 N–H and O–H groups in total. The van der Waals surface area contributed by atoms with E-state index in [0.29, 0.717) is 5.56 Å². The zero-order valence-corrected chi connectivity index (χ0v) is 10.8. The van der Waals surface area contributed by atoms with Crippen LogP contribution in [0.25, 0.3) is 0 Å². The Hall–Kier alpha value is -1.58. The van der Waals surface area contributed by atoms with Gasteiger partial charge in [0.05, 0.1) is 6.10 Å². The molecule has 0 saturated carbocycles. The van der Waals surface area contributed by atoms with E-state index < -0.39 is 0 Å². The molecule has 0 radical (unpaired) electrons. The summed E-state index contributed by atoms with van der Waals surface area (Å²) in [6, 6.07) is 1.73. The van der Waals surface area contributed by atoms with E-state index in [1.165, 1.54) is 0 Å². The van der Waals surface area contributed by atoms with Crippen molar-refractivity contribution >= 4 is 11.8 Å². The molecule has 94 valence electrons. The van der Waals surface area contributed by atoms with E-state index in [1.807, 2.05) is 13.8 Å². The van der Waals surface area contributed by atoms with Crippen molar-refractivity contribution < 1.29 is 14.3 Å². The molecule has 4 nitrogen and oxygen atoms in total. The maximum absolute atomic E-state index is 11.7. The molecule has 0 aromatic carbocycles. The minimum Gasteiger partial charge on any atom is -0.462 e. The van der Waals surface area contributed by atoms with Gasteiger partial charge >= 0.3 is 5.97 Å². The van der Waals surface area contributed by atoms with Crippen molar-refractivity contribution in [3.05, 3.63) is 24.0 Å². The molecule has 0 aliphatic carbocycles. The molecule has 0 aliphatic rings. The van der Waals surface area contributed by atoms with Gasteiger partial charge < -0.3 is 9.30 Å². The summed E-state index contributed by atoms with van der Waals surface area (Å²) in [5.41, 5.74) is 0.636. The van der Waals surface area contributed by atoms with Crippen molar-refractivity contribution in [3.8, 4) is 0 Å². The standard InChI is InChI=1S/C13H19NO3/c1-9(2)13(16)11-5-6-14(7-11)8-12(15)17-10(3)4/h5-7,9-10H,8H2,1-4H3. The summed E-state index contributed by atoms with van der Waals surface area (Å²) >= 11 is 0. The number of esters is 1. The molecule has 0 unspecified atom stereocenters. The van der Waals surface area contributed by atoms with Gasteiger partial charge in [-0.25, -0.2) is 0 Å². The average Bonchev–Trinajstić information content (AvgIpc) is 2.63. The highest BCUT2D eigenvalue weighted by molar-refractivity contribution is 5.97. The highest BCUT2D eigenvalue weighted by atomic mass is 16.5. The summed E-state index contributed by atoms with van der Waals surface area (Å²) in [5, 5.41) is 0. The molecular weight excluding hydrogens is 218 g/mol. The van der Waals surface area contributed by atoms with Crippen LogP contribution in [0.1, 0.15) is 38.1 Å². The van der Waals surface area contributed by atoms with Gasteiger partial charge in [-0.15, -0.1) is 0 Å². The van der Waals surface area contributed by atoms with Gasteiger partial charge in [-0.05, 0) is 19.9 Å². The van der Waals surface area contributed by atoms with Gasteiger partial charge in [0.2, 0.25) is 0 Å². The van der Waals surface area contributed by atoms with E-state index in [4.69, 9.17) is 4.74 Å². The van der Waals surface area contributed by atoms with Gasteiger partial charge in [-0.3, -0.25) is 9.59 Å². The van der Waals surface area contributed by atoms with Crippen LogP contribution in [0.2, 0.25) is 0 Å². The second-order valence-corrected chi connectivity index (χ2v) is 4.63. The van der Waals surface area contributed by atoms with Gasteiger partial charge in [0.25, 0.3) is 0 Å². The third-order valence-electron chi connectivity index (χ3n) is 2.24. The fourth-order valence-corrected chi connectivity index (χ4v) is 1.47. The quantitative estimate of drug-likeness (QED) is 0.583. The maximum Gasteiger partial charge on any atom is 0.326 e. The van der Waals surface area contributed by atoms with E-state index in [0.717, 1.165) is 0 Å². The summed E-state index contributed by atoms with van der Waals surface area (Å²) < 4.78 is 6.69. The molecular formula is C13H19NO3. The highest BCUT2D eigenvalue weighted by Crippen LogP contribution is 2.09. The second-order valence-electron chi connectivity index (χ2n) is 4.63. The molecule has 0 fully saturated rings. The van der Waals surface area contributed by atoms with Gasteiger partial charge in [-0.1, -0.05) is 13.8 Å². The minimum atomic E-state index is -0.292. The average molecular weight is 237 g/mol. The predicted molar refractivity (Wildman–Crippen MR) is 64.8 cm³/mol. The lowest BCUT2D eigenvalue weighted by molar-refractivity contribution is -0.148. The zero-order chi connectivity index (χ0) is 13.0. The molecule has 0 bridgehead atoms. The number of carbonyl (C=O) groups excluding carboxylic acids is 2. The number of rotatable bonds is 5. The molecule has 1 heterocycles. The van der Waals surface area contributed by atoms with Crippen molar-refractivity contribution in [3.63, 3.8) is 0 Å². The van der Waals surface area contributed by atoms with Crippen molar-refractivity contribution in [2.75, 3.05) is 0 Å². The SMILES string of the molecule is CC(C)OC(=O)Cn1ccc(C(=O)C(C)C)c1. The van der Waals surface area contributed by atoms with Crippen molar-refractivity contribution in [2.24, 2.45) is 5.92 Å². The maximum atomic E-state index is 11.7. The Morgan fingerprint density at radius 2 is 1.94 bits per heavy atom. The van der Waals surface area contributed by atoms with E-state index in [9.17, 15) is 9.59 Å². The van der Waals surface area contributed by atoms with Crippen molar-refractivity contribution in [1.29, 1.82) is 0 Å². The van der Waals surface area contributed by atoms with Crippen LogP contribution in [0.3, 0.4) is 0 Å². The molecule has 0 amide bonds. The van der Waals surface area contributed by atoms with E-state index in [-0.39, 0.29) is 30.3 Å². The Morgan fingerprint density at radius 1 is 1.29 bits per heavy atom. The van der Waals surface area contributed by atoms with E-state index in [2.05, 4.69) is 0 Å². The smallest absolute Gasteiger partial charge is 0.326 e. The Labute approximate surface area is 102 Å². The molecule has 0 aliphatic heterocycles. The summed E-state index contributed by atoms with van der Waals surface area (Å²) in [4.78, 5) is 23.1. The van der Waals surface area contributed by atoms with Crippen LogP contribution in [-0.4, -0.2) is 22.4 Å².